The number of amides is 1. The minimum atomic E-state index is -0.610. The number of pyridine rings is 1. The number of rotatable bonds is 5. The minimum Gasteiger partial charge on any atom is -0.494 e. The Bertz CT molecular complexity index is 1500. The molecule has 3 heterocycles. The molecule has 39 heavy (non-hydrogen) atoms. The Morgan fingerprint density at radius 3 is 2.51 bits per heavy atom. The molecule has 2 aromatic carbocycles. The molecule has 1 amide bonds. The average Bonchev–Trinajstić information content (AvgIpc) is 3.30. The summed E-state index contributed by atoms with van der Waals surface area (Å²) < 4.78 is 47.6. The molecule has 0 bridgehead atoms. The molecule has 1 aliphatic rings. The molecule has 0 unspecified atom stereocenters. The van der Waals surface area contributed by atoms with Crippen molar-refractivity contribution < 1.29 is 27.8 Å². The van der Waals surface area contributed by atoms with Crippen LogP contribution in [0.25, 0.3) is 22.2 Å². The summed E-state index contributed by atoms with van der Waals surface area (Å²) in [6, 6.07) is 11.4. The number of carbonyl (C=O) groups is 1. The van der Waals surface area contributed by atoms with E-state index in [1.54, 1.807) is 46.1 Å². The number of likely N-dealkylation sites (tertiary alicyclic amines) is 1. The molecule has 0 saturated carbocycles. The Balaban J connectivity index is 1.44. The van der Waals surface area contributed by atoms with Crippen molar-refractivity contribution in [3.05, 3.63) is 66.5 Å². The Morgan fingerprint density at radius 1 is 1.05 bits per heavy atom. The van der Waals surface area contributed by atoms with Gasteiger partial charge in [-0.15, -0.1) is 0 Å². The predicted octanol–water partition coefficient (Wildman–Crippen LogP) is 6.75. The Morgan fingerprint density at radius 2 is 1.79 bits per heavy atom. The van der Waals surface area contributed by atoms with Gasteiger partial charge in [0, 0.05) is 30.2 Å². The number of piperidine rings is 1. The van der Waals surface area contributed by atoms with Crippen LogP contribution in [-0.2, 0) is 4.74 Å². The molecule has 5 rings (SSSR count). The summed E-state index contributed by atoms with van der Waals surface area (Å²) in [7, 11) is 1.39. The fraction of sp³-hybridized carbons (Fsp3) is 0.345. The van der Waals surface area contributed by atoms with E-state index in [9.17, 15) is 9.18 Å². The zero-order chi connectivity index (χ0) is 27.7. The van der Waals surface area contributed by atoms with Crippen LogP contribution in [0.15, 0.2) is 54.9 Å². The summed E-state index contributed by atoms with van der Waals surface area (Å²) in [6.45, 7) is 6.39. The SMILES string of the molecule is COc1cccc(Oc2ccc(-c3nn([C@@H]4CCCN(C(=O)OC(C)(C)C)C4)c4c(F)cncc34)cc2)c1F. The van der Waals surface area contributed by atoms with Crippen LogP contribution in [0.1, 0.15) is 39.7 Å². The number of fused-ring (bicyclic) bond motifs is 1. The highest BCUT2D eigenvalue weighted by molar-refractivity contribution is 5.93. The highest BCUT2D eigenvalue weighted by atomic mass is 19.1. The van der Waals surface area contributed by atoms with Crippen LogP contribution >= 0.6 is 0 Å². The molecule has 1 aliphatic heterocycles. The van der Waals surface area contributed by atoms with E-state index in [4.69, 9.17) is 19.3 Å². The fourth-order valence-corrected chi connectivity index (χ4v) is 4.70. The standard InChI is InChI=1S/C29H30F2N4O4/c1-29(2,3)39-28(36)34-14-6-7-19(17-34)35-27-21(15-32-16-22(27)30)26(33-35)18-10-12-20(13-11-18)38-24-9-5-8-23(37-4)25(24)31/h5,8-13,15-16,19H,6-7,14,17H2,1-4H3/t19-/m1/s1. The van der Waals surface area contributed by atoms with Crippen molar-refractivity contribution >= 4 is 17.0 Å². The molecule has 10 heteroatoms. The molecule has 1 saturated heterocycles. The highest BCUT2D eigenvalue weighted by Crippen LogP contribution is 2.35. The molecule has 204 valence electrons. The Hall–Kier alpha value is -4.21. The summed E-state index contributed by atoms with van der Waals surface area (Å²) in [5.41, 5.74) is 0.978. The predicted molar refractivity (Wildman–Crippen MR) is 142 cm³/mol. The summed E-state index contributed by atoms with van der Waals surface area (Å²) in [5, 5.41) is 5.36. The number of ether oxygens (including phenoxy) is 3. The van der Waals surface area contributed by atoms with Gasteiger partial charge >= 0.3 is 6.09 Å². The first-order valence-electron chi connectivity index (χ1n) is 12.7. The molecule has 4 aromatic rings. The van der Waals surface area contributed by atoms with Crippen molar-refractivity contribution in [3.8, 4) is 28.5 Å². The first-order valence-corrected chi connectivity index (χ1v) is 12.7. The lowest BCUT2D eigenvalue weighted by molar-refractivity contribution is 0.0169. The largest absolute Gasteiger partial charge is 0.494 e. The van der Waals surface area contributed by atoms with Crippen molar-refractivity contribution in [2.75, 3.05) is 20.2 Å². The second kappa shape index (κ2) is 10.5. The number of methoxy groups -OCH3 is 1. The number of carbonyl (C=O) groups excluding carboxylic acids is 1. The van der Waals surface area contributed by atoms with Gasteiger partial charge in [0.05, 0.1) is 19.3 Å². The van der Waals surface area contributed by atoms with E-state index in [0.717, 1.165) is 12.8 Å². The lowest BCUT2D eigenvalue weighted by Crippen LogP contribution is -2.43. The van der Waals surface area contributed by atoms with Crippen LogP contribution in [-0.4, -0.2) is 51.6 Å². The topological polar surface area (TPSA) is 78.7 Å². The van der Waals surface area contributed by atoms with E-state index < -0.39 is 23.3 Å². The molecule has 2 aromatic heterocycles. The molecule has 0 radical (unpaired) electrons. The van der Waals surface area contributed by atoms with Crippen molar-refractivity contribution in [1.29, 1.82) is 0 Å². The summed E-state index contributed by atoms with van der Waals surface area (Å²) in [6.07, 6.45) is 3.82. The quantitative estimate of drug-likeness (QED) is 0.281. The van der Waals surface area contributed by atoms with Crippen molar-refractivity contribution in [1.82, 2.24) is 19.7 Å². The molecule has 0 spiro atoms. The van der Waals surface area contributed by atoms with E-state index in [-0.39, 0.29) is 17.5 Å². The first kappa shape index (κ1) is 26.4. The van der Waals surface area contributed by atoms with E-state index in [1.165, 1.54) is 25.4 Å². The van der Waals surface area contributed by atoms with Crippen LogP contribution in [0.5, 0.6) is 17.2 Å². The van der Waals surface area contributed by atoms with E-state index >= 15 is 4.39 Å². The van der Waals surface area contributed by atoms with E-state index in [2.05, 4.69) is 4.98 Å². The summed E-state index contributed by atoms with van der Waals surface area (Å²) >= 11 is 0. The summed E-state index contributed by atoms with van der Waals surface area (Å²) in [5.74, 6) is -0.546. The maximum Gasteiger partial charge on any atom is 0.410 e. The smallest absolute Gasteiger partial charge is 0.410 e. The van der Waals surface area contributed by atoms with Gasteiger partial charge in [0.2, 0.25) is 5.82 Å². The zero-order valence-electron chi connectivity index (χ0n) is 22.3. The van der Waals surface area contributed by atoms with Gasteiger partial charge in [0.15, 0.2) is 17.3 Å². The number of nitrogens with zero attached hydrogens (tertiary/aromatic N) is 4. The number of hydrogen-bond acceptors (Lipinski definition) is 6. The van der Waals surface area contributed by atoms with Crippen LogP contribution in [0, 0.1) is 11.6 Å². The van der Waals surface area contributed by atoms with Crippen molar-refractivity contribution in [3.63, 3.8) is 0 Å². The van der Waals surface area contributed by atoms with Crippen molar-refractivity contribution in [2.24, 2.45) is 0 Å². The fourth-order valence-electron chi connectivity index (χ4n) is 4.70. The van der Waals surface area contributed by atoms with E-state index in [0.29, 0.717) is 41.0 Å². The molecule has 0 N–H and O–H groups in total. The number of hydrogen-bond donors (Lipinski definition) is 0. The second-order valence-electron chi connectivity index (χ2n) is 10.4. The Kier molecular flexibility index (Phi) is 7.12. The third-order valence-corrected chi connectivity index (χ3v) is 6.46. The van der Waals surface area contributed by atoms with Gasteiger partial charge in [0.25, 0.3) is 0 Å². The molecule has 1 atom stereocenters. The van der Waals surface area contributed by atoms with Gasteiger partial charge in [-0.05, 0) is 70.0 Å². The maximum atomic E-state index is 15.1. The van der Waals surface area contributed by atoms with Crippen LogP contribution < -0.4 is 9.47 Å². The lowest BCUT2D eigenvalue weighted by atomic mass is 10.1. The second-order valence-corrected chi connectivity index (χ2v) is 10.4. The lowest BCUT2D eigenvalue weighted by Gasteiger charge is -2.34. The van der Waals surface area contributed by atoms with Crippen LogP contribution in [0.3, 0.4) is 0 Å². The average molecular weight is 537 g/mol. The third kappa shape index (κ3) is 5.50. The van der Waals surface area contributed by atoms with Gasteiger partial charge in [-0.2, -0.15) is 9.49 Å². The van der Waals surface area contributed by atoms with Gasteiger partial charge in [-0.25, -0.2) is 9.18 Å². The highest BCUT2D eigenvalue weighted by Gasteiger charge is 2.31. The molecular formula is C29H30F2N4O4. The normalized spacial score (nSPS) is 15.8. The minimum absolute atomic E-state index is 0.0370. The number of aromatic nitrogens is 3. The third-order valence-electron chi connectivity index (χ3n) is 6.46. The zero-order valence-corrected chi connectivity index (χ0v) is 22.3. The molecular weight excluding hydrogens is 506 g/mol. The summed E-state index contributed by atoms with van der Waals surface area (Å²) in [4.78, 5) is 18.4. The maximum absolute atomic E-state index is 15.1. The van der Waals surface area contributed by atoms with Gasteiger partial charge < -0.3 is 19.1 Å². The first-order chi connectivity index (χ1) is 18.6. The van der Waals surface area contributed by atoms with E-state index in [1.807, 2.05) is 20.8 Å². The monoisotopic (exact) mass is 536 g/mol. The van der Waals surface area contributed by atoms with Crippen LogP contribution in [0.2, 0.25) is 0 Å². The number of halogens is 2. The molecule has 0 aliphatic carbocycles. The Labute approximate surface area is 225 Å². The number of benzene rings is 2. The van der Waals surface area contributed by atoms with Gasteiger partial charge in [0.1, 0.15) is 22.6 Å². The van der Waals surface area contributed by atoms with Crippen molar-refractivity contribution in [2.45, 2.75) is 45.3 Å². The van der Waals surface area contributed by atoms with Gasteiger partial charge in [-0.1, -0.05) is 6.07 Å². The van der Waals surface area contributed by atoms with Gasteiger partial charge in [-0.3, -0.25) is 9.67 Å². The van der Waals surface area contributed by atoms with Crippen LogP contribution in [0.4, 0.5) is 13.6 Å². The molecule has 1 fully saturated rings. The molecule has 8 nitrogen and oxygen atoms in total.